The fourth-order valence-electron chi connectivity index (χ4n) is 1.16. The highest BCUT2D eigenvalue weighted by atomic mass is 16.5. The molecule has 1 atom stereocenters. The van der Waals surface area contributed by atoms with Crippen LogP contribution in [0.5, 0.6) is 0 Å². The fourth-order valence-corrected chi connectivity index (χ4v) is 1.16. The van der Waals surface area contributed by atoms with Crippen LogP contribution < -0.4 is 11.1 Å². The molecule has 0 aliphatic rings. The quantitative estimate of drug-likeness (QED) is 0.558. The van der Waals surface area contributed by atoms with Crippen LogP contribution in [0.15, 0.2) is 0 Å². The first kappa shape index (κ1) is 13.4. The standard InChI is InChI=1S/C9H21N3O2/c1-8(7-14-3)11-9(13)6-12(2)5-4-10/h8H,4-7,10H2,1-3H3,(H,11,13). The third-order valence-corrected chi connectivity index (χ3v) is 1.75. The predicted molar refractivity (Wildman–Crippen MR) is 56.0 cm³/mol. The number of nitrogens with two attached hydrogens (primary N) is 1. The van der Waals surface area contributed by atoms with Crippen molar-refractivity contribution in [1.82, 2.24) is 10.2 Å². The lowest BCUT2D eigenvalue weighted by atomic mass is 10.3. The Bertz CT molecular complexity index is 148. The molecule has 5 heteroatoms. The zero-order valence-electron chi connectivity index (χ0n) is 9.25. The lowest BCUT2D eigenvalue weighted by Gasteiger charge is -2.17. The van der Waals surface area contributed by atoms with Gasteiger partial charge in [-0.1, -0.05) is 0 Å². The molecule has 0 fully saturated rings. The Hall–Kier alpha value is -0.650. The van der Waals surface area contributed by atoms with E-state index in [1.54, 1.807) is 7.11 Å². The first-order chi connectivity index (χ1) is 6.60. The van der Waals surface area contributed by atoms with Gasteiger partial charge in [0.2, 0.25) is 5.91 Å². The number of nitrogens with zero attached hydrogens (tertiary/aromatic N) is 1. The van der Waals surface area contributed by atoms with Gasteiger partial charge in [-0.05, 0) is 14.0 Å². The van der Waals surface area contributed by atoms with Crippen molar-refractivity contribution in [3.63, 3.8) is 0 Å². The SMILES string of the molecule is COCC(C)NC(=O)CN(C)CCN. The summed E-state index contributed by atoms with van der Waals surface area (Å²) in [4.78, 5) is 13.2. The van der Waals surface area contributed by atoms with Crippen molar-refractivity contribution >= 4 is 5.91 Å². The van der Waals surface area contributed by atoms with Crippen molar-refractivity contribution in [2.24, 2.45) is 5.73 Å². The first-order valence-electron chi connectivity index (χ1n) is 4.77. The van der Waals surface area contributed by atoms with E-state index in [1.807, 2.05) is 18.9 Å². The van der Waals surface area contributed by atoms with Gasteiger partial charge in [-0.3, -0.25) is 9.69 Å². The van der Waals surface area contributed by atoms with Crippen LogP contribution in [0.25, 0.3) is 0 Å². The topological polar surface area (TPSA) is 67.6 Å². The molecule has 0 radical (unpaired) electrons. The summed E-state index contributed by atoms with van der Waals surface area (Å²) in [7, 11) is 3.48. The monoisotopic (exact) mass is 203 g/mol. The lowest BCUT2D eigenvalue weighted by molar-refractivity contribution is -0.122. The molecule has 0 aromatic heterocycles. The highest BCUT2D eigenvalue weighted by Gasteiger charge is 2.08. The lowest BCUT2D eigenvalue weighted by Crippen LogP contribution is -2.42. The first-order valence-corrected chi connectivity index (χ1v) is 4.77. The average Bonchev–Trinajstić information content (AvgIpc) is 2.03. The number of carbonyl (C=O) groups is 1. The number of carbonyl (C=O) groups excluding carboxylic acids is 1. The van der Waals surface area contributed by atoms with E-state index in [1.165, 1.54) is 0 Å². The Morgan fingerprint density at radius 2 is 2.29 bits per heavy atom. The fraction of sp³-hybridized carbons (Fsp3) is 0.889. The summed E-state index contributed by atoms with van der Waals surface area (Å²) in [6.45, 7) is 4.12. The van der Waals surface area contributed by atoms with E-state index in [2.05, 4.69) is 5.32 Å². The Morgan fingerprint density at radius 3 is 2.79 bits per heavy atom. The maximum atomic E-state index is 11.4. The van der Waals surface area contributed by atoms with Gasteiger partial charge in [-0.2, -0.15) is 0 Å². The Kier molecular flexibility index (Phi) is 7.37. The molecule has 0 saturated heterocycles. The number of hydrogen-bond donors (Lipinski definition) is 2. The Balaban J connectivity index is 3.63. The summed E-state index contributed by atoms with van der Waals surface area (Å²) in [5.41, 5.74) is 5.36. The van der Waals surface area contributed by atoms with Crippen LogP contribution in [-0.4, -0.2) is 57.2 Å². The van der Waals surface area contributed by atoms with E-state index in [9.17, 15) is 4.79 Å². The van der Waals surface area contributed by atoms with Gasteiger partial charge in [0.15, 0.2) is 0 Å². The summed E-state index contributed by atoms with van der Waals surface area (Å²) in [5.74, 6) is 0.00509. The highest BCUT2D eigenvalue weighted by Crippen LogP contribution is 1.85. The molecular formula is C9H21N3O2. The summed E-state index contributed by atoms with van der Waals surface area (Å²) in [6.07, 6.45) is 0. The maximum Gasteiger partial charge on any atom is 0.234 e. The Labute approximate surface area is 85.6 Å². The van der Waals surface area contributed by atoms with Crippen LogP contribution in [0, 0.1) is 0 Å². The van der Waals surface area contributed by atoms with E-state index in [0.717, 1.165) is 6.54 Å². The van der Waals surface area contributed by atoms with Crippen molar-refractivity contribution in [3.05, 3.63) is 0 Å². The number of likely N-dealkylation sites (N-methyl/N-ethyl adjacent to an activating group) is 1. The number of nitrogens with one attached hydrogen (secondary N) is 1. The van der Waals surface area contributed by atoms with Gasteiger partial charge in [0.25, 0.3) is 0 Å². The van der Waals surface area contributed by atoms with Gasteiger partial charge in [0, 0.05) is 26.2 Å². The molecule has 0 aromatic carbocycles. The zero-order chi connectivity index (χ0) is 11.0. The Morgan fingerprint density at radius 1 is 1.64 bits per heavy atom. The third-order valence-electron chi connectivity index (χ3n) is 1.75. The molecular weight excluding hydrogens is 182 g/mol. The molecule has 1 unspecified atom stereocenters. The molecule has 0 rings (SSSR count). The zero-order valence-corrected chi connectivity index (χ0v) is 9.25. The summed E-state index contributed by atoms with van der Waals surface area (Å²) < 4.78 is 4.91. The van der Waals surface area contributed by atoms with Gasteiger partial charge in [-0.25, -0.2) is 0 Å². The van der Waals surface area contributed by atoms with Crippen molar-refractivity contribution in [2.75, 3.05) is 40.4 Å². The number of hydrogen-bond acceptors (Lipinski definition) is 4. The number of ether oxygens (including phenoxy) is 1. The largest absolute Gasteiger partial charge is 0.383 e. The van der Waals surface area contributed by atoms with E-state index >= 15 is 0 Å². The minimum Gasteiger partial charge on any atom is -0.383 e. The molecule has 14 heavy (non-hydrogen) atoms. The second-order valence-electron chi connectivity index (χ2n) is 3.45. The van der Waals surface area contributed by atoms with Crippen LogP contribution >= 0.6 is 0 Å². The normalized spacial score (nSPS) is 12.9. The van der Waals surface area contributed by atoms with Crippen molar-refractivity contribution in [1.29, 1.82) is 0 Å². The molecule has 0 aromatic rings. The van der Waals surface area contributed by atoms with Crippen LogP contribution in [0.1, 0.15) is 6.92 Å². The van der Waals surface area contributed by atoms with Crippen molar-refractivity contribution in [3.8, 4) is 0 Å². The van der Waals surface area contributed by atoms with E-state index in [-0.39, 0.29) is 11.9 Å². The highest BCUT2D eigenvalue weighted by molar-refractivity contribution is 5.78. The van der Waals surface area contributed by atoms with E-state index < -0.39 is 0 Å². The van der Waals surface area contributed by atoms with Gasteiger partial charge in [0.05, 0.1) is 13.2 Å². The molecule has 5 nitrogen and oxygen atoms in total. The predicted octanol–water partition coefficient (Wildman–Crippen LogP) is -0.972. The van der Waals surface area contributed by atoms with E-state index in [0.29, 0.717) is 19.7 Å². The number of rotatable bonds is 7. The van der Waals surface area contributed by atoms with Crippen LogP contribution in [0.4, 0.5) is 0 Å². The summed E-state index contributed by atoms with van der Waals surface area (Å²) >= 11 is 0. The van der Waals surface area contributed by atoms with Gasteiger partial charge < -0.3 is 15.8 Å². The molecule has 0 saturated carbocycles. The van der Waals surface area contributed by atoms with Gasteiger partial charge in [0.1, 0.15) is 0 Å². The third kappa shape index (κ3) is 6.82. The summed E-state index contributed by atoms with van der Waals surface area (Å²) in [5, 5.41) is 2.82. The molecule has 0 heterocycles. The summed E-state index contributed by atoms with van der Waals surface area (Å²) in [6, 6.07) is 0.0544. The maximum absolute atomic E-state index is 11.4. The second kappa shape index (κ2) is 7.73. The molecule has 0 bridgehead atoms. The molecule has 0 aliphatic carbocycles. The minimum atomic E-state index is 0.00509. The van der Waals surface area contributed by atoms with Crippen LogP contribution in [0.3, 0.4) is 0 Å². The minimum absolute atomic E-state index is 0.00509. The van der Waals surface area contributed by atoms with Crippen molar-refractivity contribution < 1.29 is 9.53 Å². The second-order valence-corrected chi connectivity index (χ2v) is 3.45. The van der Waals surface area contributed by atoms with Gasteiger partial charge >= 0.3 is 0 Å². The van der Waals surface area contributed by atoms with Crippen LogP contribution in [-0.2, 0) is 9.53 Å². The number of methoxy groups -OCH3 is 1. The average molecular weight is 203 g/mol. The molecule has 0 spiro atoms. The molecule has 84 valence electrons. The smallest absolute Gasteiger partial charge is 0.234 e. The van der Waals surface area contributed by atoms with Gasteiger partial charge in [-0.15, -0.1) is 0 Å². The van der Waals surface area contributed by atoms with Crippen LogP contribution in [0.2, 0.25) is 0 Å². The van der Waals surface area contributed by atoms with Crippen molar-refractivity contribution in [2.45, 2.75) is 13.0 Å². The number of amides is 1. The molecule has 0 aliphatic heterocycles. The molecule has 3 N–H and O–H groups in total. The van der Waals surface area contributed by atoms with E-state index in [4.69, 9.17) is 10.5 Å². The molecule has 1 amide bonds.